The Labute approximate surface area is 133 Å². The van der Waals surface area contributed by atoms with E-state index in [1.54, 1.807) is 11.8 Å². The van der Waals surface area contributed by atoms with Crippen molar-refractivity contribution in [3.63, 3.8) is 0 Å². The summed E-state index contributed by atoms with van der Waals surface area (Å²) in [6.07, 6.45) is 3.96. The van der Waals surface area contributed by atoms with Crippen LogP contribution in [0.5, 0.6) is 5.75 Å². The van der Waals surface area contributed by atoms with Gasteiger partial charge in [0.15, 0.2) is 0 Å². The number of thioether (sulfide) groups is 1. The van der Waals surface area contributed by atoms with Crippen LogP contribution < -0.4 is 10.1 Å². The molecule has 1 atom stereocenters. The van der Waals surface area contributed by atoms with E-state index in [0.717, 1.165) is 35.0 Å². The third-order valence-electron chi connectivity index (χ3n) is 3.42. The second-order valence-corrected chi connectivity index (χ2v) is 6.09. The minimum atomic E-state index is 0.161. The van der Waals surface area contributed by atoms with Gasteiger partial charge in [-0.05, 0) is 43.4 Å². The molecule has 110 valence electrons. The van der Waals surface area contributed by atoms with Gasteiger partial charge in [0.1, 0.15) is 16.6 Å². The number of hydrogen-bond donors (Lipinski definition) is 1. The van der Waals surface area contributed by atoms with Gasteiger partial charge in [-0.25, -0.2) is 0 Å². The first-order valence-electron chi connectivity index (χ1n) is 6.83. The smallest absolute Gasteiger partial charge is 0.149 e. The summed E-state index contributed by atoms with van der Waals surface area (Å²) in [6.45, 7) is 0.711. The van der Waals surface area contributed by atoms with Crippen molar-refractivity contribution in [3.05, 3.63) is 40.9 Å². The third kappa shape index (κ3) is 3.41. The van der Waals surface area contributed by atoms with Gasteiger partial charge in [-0.15, -0.1) is 22.0 Å². The highest BCUT2D eigenvalue weighted by atomic mass is 35.5. The molecule has 0 fully saturated rings. The van der Waals surface area contributed by atoms with Crippen LogP contribution in [-0.2, 0) is 0 Å². The van der Waals surface area contributed by atoms with E-state index in [4.69, 9.17) is 16.3 Å². The average Bonchev–Trinajstić information content (AvgIpc) is 2.70. The van der Waals surface area contributed by atoms with Crippen molar-refractivity contribution in [2.45, 2.75) is 23.9 Å². The third-order valence-corrected chi connectivity index (χ3v) is 4.29. The maximum Gasteiger partial charge on any atom is 0.149 e. The van der Waals surface area contributed by atoms with Crippen LogP contribution in [0.3, 0.4) is 0 Å². The van der Waals surface area contributed by atoms with Crippen LogP contribution in [0.15, 0.2) is 35.4 Å². The monoisotopic (exact) mass is 321 g/mol. The zero-order valence-electron chi connectivity index (χ0n) is 11.7. The lowest BCUT2D eigenvalue weighted by Crippen LogP contribution is -2.11. The molecule has 2 heterocycles. The van der Waals surface area contributed by atoms with Crippen LogP contribution in [0.1, 0.15) is 24.4 Å². The van der Waals surface area contributed by atoms with Crippen molar-refractivity contribution in [3.8, 4) is 5.75 Å². The first-order valence-corrected chi connectivity index (χ1v) is 8.43. The van der Waals surface area contributed by atoms with E-state index in [9.17, 15) is 0 Å². The lowest BCUT2D eigenvalue weighted by Gasteiger charge is -2.18. The number of benzene rings is 1. The summed E-state index contributed by atoms with van der Waals surface area (Å²) in [5.41, 5.74) is 1.12. The molecule has 21 heavy (non-hydrogen) atoms. The van der Waals surface area contributed by atoms with Crippen molar-refractivity contribution in [1.82, 2.24) is 10.2 Å². The summed E-state index contributed by atoms with van der Waals surface area (Å²) >= 11 is 7.63. The van der Waals surface area contributed by atoms with E-state index in [2.05, 4.69) is 15.5 Å². The van der Waals surface area contributed by atoms with Crippen LogP contribution in [-0.4, -0.2) is 23.1 Å². The van der Waals surface area contributed by atoms with Gasteiger partial charge < -0.3 is 10.1 Å². The maximum absolute atomic E-state index is 6.05. The molecule has 0 radical (unpaired) electrons. The summed E-state index contributed by atoms with van der Waals surface area (Å²) in [7, 11) is 0. The standard InChI is InChI=1S/C15H16ClN3OS/c1-21-15-7-6-14(18-19-15)17-12-3-2-8-20-13-9-10(16)4-5-11(12)13/h4-7,9,12H,2-3,8H2,1H3,(H,17,18). The molecule has 0 aliphatic carbocycles. The number of anilines is 1. The Bertz CT molecular complexity index is 621. The van der Waals surface area contributed by atoms with E-state index >= 15 is 0 Å². The fourth-order valence-electron chi connectivity index (χ4n) is 2.38. The quantitative estimate of drug-likeness (QED) is 0.859. The minimum absolute atomic E-state index is 0.161. The molecule has 0 saturated heterocycles. The highest BCUT2D eigenvalue weighted by Gasteiger charge is 2.20. The maximum atomic E-state index is 6.05. The number of nitrogens with one attached hydrogen (secondary N) is 1. The number of nitrogens with zero attached hydrogens (tertiary/aromatic N) is 2. The van der Waals surface area contributed by atoms with Crippen LogP contribution in [0.25, 0.3) is 0 Å². The molecule has 1 unspecified atom stereocenters. The normalized spacial score (nSPS) is 17.5. The summed E-state index contributed by atoms with van der Waals surface area (Å²) in [4.78, 5) is 0. The lowest BCUT2D eigenvalue weighted by molar-refractivity contribution is 0.316. The summed E-state index contributed by atoms with van der Waals surface area (Å²) in [5, 5.41) is 13.4. The summed E-state index contributed by atoms with van der Waals surface area (Å²) < 4.78 is 5.77. The summed E-state index contributed by atoms with van der Waals surface area (Å²) in [6, 6.07) is 9.88. The van der Waals surface area contributed by atoms with E-state index in [-0.39, 0.29) is 6.04 Å². The van der Waals surface area contributed by atoms with Crippen LogP contribution >= 0.6 is 23.4 Å². The van der Waals surface area contributed by atoms with E-state index in [0.29, 0.717) is 11.6 Å². The van der Waals surface area contributed by atoms with E-state index in [1.165, 1.54) is 0 Å². The minimum Gasteiger partial charge on any atom is -0.493 e. The Balaban J connectivity index is 1.84. The lowest BCUT2D eigenvalue weighted by atomic mass is 10.0. The van der Waals surface area contributed by atoms with E-state index in [1.807, 2.05) is 36.6 Å². The molecule has 1 N–H and O–H groups in total. The first kappa shape index (κ1) is 14.5. The Morgan fingerprint density at radius 3 is 2.95 bits per heavy atom. The van der Waals surface area contributed by atoms with Gasteiger partial charge >= 0.3 is 0 Å². The molecular formula is C15H16ClN3OS. The van der Waals surface area contributed by atoms with Gasteiger partial charge in [0, 0.05) is 10.6 Å². The van der Waals surface area contributed by atoms with E-state index < -0.39 is 0 Å². The molecule has 0 spiro atoms. The molecule has 2 aromatic rings. The molecule has 0 saturated carbocycles. The number of aromatic nitrogens is 2. The molecule has 0 amide bonds. The number of ether oxygens (including phenoxy) is 1. The van der Waals surface area contributed by atoms with Crippen LogP contribution in [0.4, 0.5) is 5.82 Å². The largest absolute Gasteiger partial charge is 0.493 e. The van der Waals surface area contributed by atoms with Gasteiger partial charge in [0.25, 0.3) is 0 Å². The zero-order chi connectivity index (χ0) is 14.7. The predicted octanol–water partition coefficient (Wildman–Crippen LogP) is 4.18. The van der Waals surface area contributed by atoms with Crippen LogP contribution in [0.2, 0.25) is 5.02 Å². The average molecular weight is 322 g/mol. The second-order valence-electron chi connectivity index (χ2n) is 4.83. The molecular weight excluding hydrogens is 306 g/mol. The second kappa shape index (κ2) is 6.54. The van der Waals surface area contributed by atoms with Gasteiger partial charge in [0.05, 0.1) is 12.6 Å². The Hall–Kier alpha value is -1.46. The number of hydrogen-bond acceptors (Lipinski definition) is 5. The molecule has 1 aromatic carbocycles. The topological polar surface area (TPSA) is 47.0 Å². The molecule has 1 aliphatic heterocycles. The molecule has 1 aliphatic rings. The number of halogens is 1. The van der Waals surface area contributed by atoms with Crippen molar-refractivity contribution in [2.75, 3.05) is 18.2 Å². The molecule has 4 nitrogen and oxygen atoms in total. The Kier molecular flexibility index (Phi) is 4.51. The van der Waals surface area contributed by atoms with Crippen molar-refractivity contribution in [2.24, 2.45) is 0 Å². The van der Waals surface area contributed by atoms with Gasteiger partial charge in [-0.2, -0.15) is 0 Å². The zero-order valence-corrected chi connectivity index (χ0v) is 13.2. The van der Waals surface area contributed by atoms with Crippen molar-refractivity contribution in [1.29, 1.82) is 0 Å². The predicted molar refractivity (Wildman–Crippen MR) is 86.4 cm³/mol. The van der Waals surface area contributed by atoms with Gasteiger partial charge in [0.2, 0.25) is 0 Å². The fourth-order valence-corrected chi connectivity index (χ4v) is 2.87. The Morgan fingerprint density at radius 2 is 2.19 bits per heavy atom. The number of rotatable bonds is 3. The number of fused-ring (bicyclic) bond motifs is 1. The highest BCUT2D eigenvalue weighted by Crippen LogP contribution is 2.35. The van der Waals surface area contributed by atoms with Gasteiger partial charge in [-0.3, -0.25) is 0 Å². The highest BCUT2D eigenvalue weighted by molar-refractivity contribution is 7.98. The SMILES string of the molecule is CSc1ccc(NC2CCCOc3cc(Cl)ccc32)nn1. The summed E-state index contributed by atoms with van der Waals surface area (Å²) in [5.74, 6) is 1.63. The molecule has 0 bridgehead atoms. The van der Waals surface area contributed by atoms with Gasteiger partial charge in [-0.1, -0.05) is 17.7 Å². The molecule has 6 heteroatoms. The van der Waals surface area contributed by atoms with Crippen molar-refractivity contribution >= 4 is 29.2 Å². The van der Waals surface area contributed by atoms with Crippen LogP contribution in [0, 0.1) is 0 Å². The fraction of sp³-hybridized carbons (Fsp3) is 0.333. The first-order chi connectivity index (χ1) is 10.3. The molecule has 1 aromatic heterocycles. The molecule has 3 rings (SSSR count). The Morgan fingerprint density at radius 1 is 1.29 bits per heavy atom. The van der Waals surface area contributed by atoms with Crippen molar-refractivity contribution < 1.29 is 4.74 Å².